The summed E-state index contributed by atoms with van der Waals surface area (Å²) < 4.78 is 23.7. The van der Waals surface area contributed by atoms with E-state index in [0.717, 1.165) is 21.9 Å². The minimum absolute atomic E-state index is 0.0333. The Morgan fingerprint density at radius 1 is 1.32 bits per heavy atom. The normalized spacial score (nSPS) is 22.7. The van der Waals surface area contributed by atoms with Gasteiger partial charge in [0.05, 0.1) is 19.3 Å². The first-order valence-electron chi connectivity index (χ1n) is 6.99. The van der Waals surface area contributed by atoms with Crippen molar-refractivity contribution in [2.45, 2.75) is 12.3 Å². The van der Waals surface area contributed by atoms with Crippen molar-refractivity contribution in [3.63, 3.8) is 0 Å². The number of thiophene rings is 1. The molecule has 0 aromatic carbocycles. The number of nitrogens with zero attached hydrogens (tertiary/aromatic N) is 3. The number of rotatable bonds is 2. The minimum atomic E-state index is -3.61. The van der Waals surface area contributed by atoms with Crippen LogP contribution < -0.4 is 0 Å². The summed E-state index contributed by atoms with van der Waals surface area (Å²) in [6, 6.07) is 2.90. The van der Waals surface area contributed by atoms with E-state index in [1.807, 2.05) is 11.4 Å². The van der Waals surface area contributed by atoms with Gasteiger partial charge in [-0.15, -0.1) is 11.3 Å². The number of amides is 4. The van der Waals surface area contributed by atoms with Gasteiger partial charge in [-0.2, -0.15) is 0 Å². The fraction of sp³-hybridized carbons (Fsp3) is 0.538. The highest BCUT2D eigenvalue weighted by molar-refractivity contribution is 7.88. The molecule has 9 heteroatoms. The van der Waals surface area contributed by atoms with Crippen LogP contribution >= 0.6 is 11.3 Å². The summed E-state index contributed by atoms with van der Waals surface area (Å²) in [5, 5.41) is 2.01. The number of sulfonamides is 1. The van der Waals surface area contributed by atoms with E-state index < -0.39 is 22.1 Å². The molecule has 2 saturated heterocycles. The van der Waals surface area contributed by atoms with E-state index in [-0.39, 0.29) is 13.1 Å². The van der Waals surface area contributed by atoms with E-state index in [2.05, 4.69) is 6.07 Å². The van der Waals surface area contributed by atoms with Crippen molar-refractivity contribution in [1.29, 1.82) is 0 Å². The average Bonchev–Trinajstić information content (AvgIpc) is 3.17. The summed E-state index contributed by atoms with van der Waals surface area (Å²) in [6.07, 6.45) is 1.84. The lowest BCUT2D eigenvalue weighted by molar-refractivity contribution is 0.169. The summed E-state index contributed by atoms with van der Waals surface area (Å²) in [5.41, 5.74) is 0. The highest BCUT2D eigenvalue weighted by Gasteiger charge is 2.41. The van der Waals surface area contributed by atoms with Crippen molar-refractivity contribution < 1.29 is 18.0 Å². The van der Waals surface area contributed by atoms with Gasteiger partial charge in [0, 0.05) is 23.9 Å². The summed E-state index contributed by atoms with van der Waals surface area (Å²) >= 11 is 1.66. The molecule has 3 rings (SSSR count). The quantitative estimate of drug-likeness (QED) is 0.812. The molecule has 1 unspecified atom stereocenters. The van der Waals surface area contributed by atoms with E-state index in [4.69, 9.17) is 0 Å². The van der Waals surface area contributed by atoms with Crippen LogP contribution in [0.5, 0.6) is 0 Å². The first-order valence-corrected chi connectivity index (χ1v) is 9.72. The largest absolute Gasteiger partial charge is 0.341 e. The molecule has 0 N–H and O–H groups in total. The number of imide groups is 1. The fourth-order valence-electron chi connectivity index (χ4n) is 2.86. The zero-order valence-electron chi connectivity index (χ0n) is 12.1. The van der Waals surface area contributed by atoms with E-state index in [9.17, 15) is 18.0 Å². The molecule has 0 aliphatic carbocycles. The van der Waals surface area contributed by atoms with Crippen molar-refractivity contribution in [3.8, 4) is 0 Å². The second kappa shape index (κ2) is 5.54. The van der Waals surface area contributed by atoms with E-state index in [1.165, 1.54) is 4.88 Å². The number of hydrogen-bond acceptors (Lipinski definition) is 5. The van der Waals surface area contributed by atoms with Crippen LogP contribution in [0.4, 0.5) is 9.59 Å². The molecular formula is C13H17N3O4S2. The molecule has 3 heterocycles. The first-order chi connectivity index (χ1) is 10.4. The van der Waals surface area contributed by atoms with Crippen molar-refractivity contribution in [1.82, 2.24) is 14.1 Å². The lowest BCUT2D eigenvalue weighted by atomic mass is 10.1. The molecule has 2 aliphatic heterocycles. The maximum absolute atomic E-state index is 12.5. The van der Waals surface area contributed by atoms with Gasteiger partial charge in [0.2, 0.25) is 10.0 Å². The third-order valence-electron chi connectivity index (χ3n) is 4.01. The number of carbonyl (C=O) groups excluding carboxylic acids is 2. The molecule has 0 spiro atoms. The molecule has 120 valence electrons. The molecule has 0 radical (unpaired) electrons. The fourth-order valence-corrected chi connectivity index (χ4v) is 4.51. The summed E-state index contributed by atoms with van der Waals surface area (Å²) in [4.78, 5) is 28.4. The third-order valence-corrected chi connectivity index (χ3v) is 6.18. The Balaban J connectivity index is 1.67. The predicted octanol–water partition coefficient (Wildman–Crippen LogP) is 1.35. The van der Waals surface area contributed by atoms with Crippen LogP contribution in [0.15, 0.2) is 17.5 Å². The molecule has 1 atom stereocenters. The number of urea groups is 2. The Morgan fingerprint density at radius 2 is 2.09 bits per heavy atom. The molecule has 0 saturated carbocycles. The van der Waals surface area contributed by atoms with E-state index >= 15 is 0 Å². The van der Waals surface area contributed by atoms with Crippen molar-refractivity contribution in [2.24, 2.45) is 0 Å². The Morgan fingerprint density at radius 3 is 2.68 bits per heavy atom. The number of carbonyl (C=O) groups is 2. The monoisotopic (exact) mass is 343 g/mol. The Bertz CT molecular complexity index is 686. The SMILES string of the molecule is CS(=O)(=O)N1CCN(C(=O)N2CCC(c3cccs3)C2)C1=O. The molecule has 7 nitrogen and oxygen atoms in total. The van der Waals surface area contributed by atoms with E-state index in [1.54, 1.807) is 16.2 Å². The molecule has 22 heavy (non-hydrogen) atoms. The van der Waals surface area contributed by atoms with Crippen LogP contribution in [0.2, 0.25) is 0 Å². The average molecular weight is 343 g/mol. The topological polar surface area (TPSA) is 78.0 Å². The van der Waals surface area contributed by atoms with Crippen LogP contribution in [-0.4, -0.2) is 67.0 Å². The summed E-state index contributed by atoms with van der Waals surface area (Å²) in [7, 11) is -3.61. The molecular weight excluding hydrogens is 326 g/mol. The van der Waals surface area contributed by atoms with Crippen LogP contribution in [0.3, 0.4) is 0 Å². The van der Waals surface area contributed by atoms with Crippen molar-refractivity contribution in [3.05, 3.63) is 22.4 Å². The van der Waals surface area contributed by atoms with Crippen LogP contribution in [0.1, 0.15) is 17.2 Å². The Kier molecular flexibility index (Phi) is 3.85. The Labute approximate surface area is 133 Å². The molecule has 0 bridgehead atoms. The maximum atomic E-state index is 12.5. The third kappa shape index (κ3) is 2.70. The van der Waals surface area contributed by atoms with Gasteiger partial charge >= 0.3 is 12.1 Å². The van der Waals surface area contributed by atoms with Gasteiger partial charge in [0.15, 0.2) is 0 Å². The van der Waals surface area contributed by atoms with Gasteiger partial charge in [0.1, 0.15) is 0 Å². The molecule has 4 amide bonds. The zero-order valence-corrected chi connectivity index (χ0v) is 13.8. The maximum Gasteiger partial charge on any atom is 0.341 e. The highest BCUT2D eigenvalue weighted by Crippen LogP contribution is 2.31. The van der Waals surface area contributed by atoms with Crippen LogP contribution in [-0.2, 0) is 10.0 Å². The predicted molar refractivity (Wildman–Crippen MR) is 82.3 cm³/mol. The molecule has 1 aromatic rings. The second-order valence-electron chi connectivity index (χ2n) is 5.50. The van der Waals surface area contributed by atoms with Crippen molar-refractivity contribution >= 4 is 33.4 Å². The smallest absolute Gasteiger partial charge is 0.324 e. The Hall–Kier alpha value is -1.61. The molecule has 2 fully saturated rings. The second-order valence-corrected chi connectivity index (χ2v) is 8.39. The van der Waals surface area contributed by atoms with Gasteiger partial charge in [-0.05, 0) is 17.9 Å². The van der Waals surface area contributed by atoms with Crippen LogP contribution in [0.25, 0.3) is 0 Å². The van der Waals surface area contributed by atoms with Gasteiger partial charge in [-0.25, -0.2) is 27.2 Å². The number of likely N-dealkylation sites (tertiary alicyclic amines) is 1. The lowest BCUT2D eigenvalue weighted by Gasteiger charge is -2.22. The highest BCUT2D eigenvalue weighted by atomic mass is 32.2. The lowest BCUT2D eigenvalue weighted by Crippen LogP contribution is -2.45. The van der Waals surface area contributed by atoms with Gasteiger partial charge < -0.3 is 4.90 Å². The number of hydrogen-bond donors (Lipinski definition) is 0. The standard InChI is InChI=1S/C13H17N3O4S2/c1-22(19,20)16-7-6-15(13(16)18)12(17)14-5-4-10(9-14)11-3-2-8-21-11/h2-3,8,10H,4-7,9H2,1H3. The van der Waals surface area contributed by atoms with Crippen molar-refractivity contribution in [2.75, 3.05) is 32.4 Å². The molecule has 1 aromatic heterocycles. The van der Waals surface area contributed by atoms with E-state index in [0.29, 0.717) is 19.0 Å². The van der Waals surface area contributed by atoms with Crippen LogP contribution in [0, 0.1) is 0 Å². The minimum Gasteiger partial charge on any atom is -0.324 e. The zero-order chi connectivity index (χ0) is 15.9. The van der Waals surface area contributed by atoms with Gasteiger partial charge in [-0.3, -0.25) is 0 Å². The summed E-state index contributed by atoms with van der Waals surface area (Å²) in [5.74, 6) is 0.299. The van der Waals surface area contributed by atoms with Gasteiger partial charge in [-0.1, -0.05) is 6.07 Å². The first kappa shape index (κ1) is 15.3. The summed E-state index contributed by atoms with van der Waals surface area (Å²) in [6.45, 7) is 1.31. The molecule has 2 aliphatic rings. The van der Waals surface area contributed by atoms with Gasteiger partial charge in [0.25, 0.3) is 0 Å².